The van der Waals surface area contributed by atoms with Crippen LogP contribution in [0.1, 0.15) is 10.4 Å². The summed E-state index contributed by atoms with van der Waals surface area (Å²) < 4.78 is 4.44. The molecule has 3 atom stereocenters. The summed E-state index contributed by atoms with van der Waals surface area (Å²) >= 11 is 0. The number of carbonyl (C=O) groups is 3. The molecule has 5 N–H and O–H groups in total. The summed E-state index contributed by atoms with van der Waals surface area (Å²) in [6.07, 6.45) is -6.80. The Labute approximate surface area is 131 Å². The number of amides is 1. The number of benzene rings is 1. The number of nitrogens with one attached hydrogen (secondary N) is 1. The van der Waals surface area contributed by atoms with Crippen molar-refractivity contribution in [2.75, 3.05) is 13.2 Å². The van der Waals surface area contributed by atoms with Crippen molar-refractivity contribution in [3.8, 4) is 0 Å². The smallest absolute Gasteiger partial charge is 0.388 e. The maximum Gasteiger partial charge on any atom is 0.415 e. The molecule has 9 heteroatoms. The van der Waals surface area contributed by atoms with Crippen molar-refractivity contribution in [3.05, 3.63) is 35.9 Å². The molecule has 9 nitrogen and oxygen atoms in total. The zero-order valence-corrected chi connectivity index (χ0v) is 12.0. The van der Waals surface area contributed by atoms with Crippen LogP contribution in [0.4, 0.5) is 4.79 Å². The van der Waals surface area contributed by atoms with Gasteiger partial charge >= 0.3 is 12.1 Å². The highest BCUT2D eigenvalue weighted by atomic mass is 16.6. The van der Waals surface area contributed by atoms with Gasteiger partial charge in [0.1, 0.15) is 24.9 Å². The van der Waals surface area contributed by atoms with E-state index in [1.807, 2.05) is 5.32 Å². The van der Waals surface area contributed by atoms with E-state index >= 15 is 0 Å². The quantitative estimate of drug-likeness (QED) is 0.290. The number of ketones is 1. The average Bonchev–Trinajstić information content (AvgIpc) is 2.58. The number of rotatable bonds is 7. The van der Waals surface area contributed by atoms with Gasteiger partial charge in [0, 0.05) is 6.54 Å². The molecule has 0 radical (unpaired) electrons. The minimum Gasteiger partial charge on any atom is -0.388 e. The number of aliphatic hydroxyl groups excluding tert-OH is 4. The van der Waals surface area contributed by atoms with Gasteiger partial charge in [-0.15, -0.1) is 0 Å². The standard InChI is InChI=1S/C14H17NO8/c16-7-10(18)12(20)11(19)9(17)6-15-14(22)23-13(21)8-4-2-1-3-5-8/h1-5,9,11-12,16-17,19-20H,6-7H2,(H,15,22)/t9-,11+,12+/m0/s1. The van der Waals surface area contributed by atoms with Crippen LogP contribution in [-0.2, 0) is 9.53 Å². The second-order valence-corrected chi connectivity index (χ2v) is 4.55. The van der Waals surface area contributed by atoms with Crippen LogP contribution in [0, 0.1) is 0 Å². The predicted octanol–water partition coefficient (Wildman–Crippen LogP) is -1.80. The number of alkyl carbamates (subject to hydrolysis) is 1. The monoisotopic (exact) mass is 327 g/mol. The molecule has 1 aromatic rings. The number of hydrogen-bond donors (Lipinski definition) is 5. The van der Waals surface area contributed by atoms with Gasteiger partial charge in [-0.1, -0.05) is 18.2 Å². The third kappa shape index (κ3) is 5.75. The summed E-state index contributed by atoms with van der Waals surface area (Å²) in [6, 6.07) is 7.70. The SMILES string of the molecule is O=C(NC[C@H](O)[C@@H](O)[C@H](O)C(=O)CO)OC(=O)c1ccccc1. The van der Waals surface area contributed by atoms with Gasteiger partial charge in [-0.25, -0.2) is 9.59 Å². The van der Waals surface area contributed by atoms with Crippen LogP contribution in [0.2, 0.25) is 0 Å². The number of aliphatic hydroxyl groups is 4. The van der Waals surface area contributed by atoms with E-state index < -0.39 is 49.3 Å². The van der Waals surface area contributed by atoms with Gasteiger partial charge in [-0.05, 0) is 12.1 Å². The fourth-order valence-corrected chi connectivity index (χ4v) is 1.56. The number of esters is 1. The lowest BCUT2D eigenvalue weighted by Crippen LogP contribution is -2.48. The maximum atomic E-state index is 11.6. The van der Waals surface area contributed by atoms with Crippen LogP contribution < -0.4 is 5.32 Å². The number of ether oxygens (including phenoxy) is 1. The fourth-order valence-electron chi connectivity index (χ4n) is 1.56. The van der Waals surface area contributed by atoms with Gasteiger partial charge in [-0.2, -0.15) is 0 Å². The highest BCUT2D eigenvalue weighted by Gasteiger charge is 2.30. The van der Waals surface area contributed by atoms with E-state index in [-0.39, 0.29) is 5.56 Å². The van der Waals surface area contributed by atoms with Crippen molar-refractivity contribution in [3.63, 3.8) is 0 Å². The van der Waals surface area contributed by atoms with Crippen LogP contribution in [0.25, 0.3) is 0 Å². The molecule has 0 saturated heterocycles. The molecule has 0 aromatic heterocycles. The number of Topliss-reactive ketones (excluding diaryl/α,β-unsaturated/α-hetero) is 1. The molecule has 0 heterocycles. The zero-order valence-electron chi connectivity index (χ0n) is 12.0. The molecule has 0 spiro atoms. The largest absolute Gasteiger partial charge is 0.415 e. The molecule has 0 aliphatic heterocycles. The molecular formula is C14H17NO8. The minimum absolute atomic E-state index is 0.146. The Morgan fingerprint density at radius 1 is 1.09 bits per heavy atom. The van der Waals surface area contributed by atoms with Crippen LogP contribution in [-0.4, -0.2) is 69.7 Å². The molecule has 0 aliphatic rings. The second kappa shape index (κ2) is 8.96. The molecule has 23 heavy (non-hydrogen) atoms. The Hall–Kier alpha value is -2.33. The first-order chi connectivity index (χ1) is 10.9. The molecule has 1 amide bonds. The molecule has 0 aliphatic carbocycles. The van der Waals surface area contributed by atoms with Crippen molar-refractivity contribution in [2.24, 2.45) is 0 Å². The highest BCUT2D eigenvalue weighted by molar-refractivity contribution is 5.96. The van der Waals surface area contributed by atoms with E-state index in [0.717, 1.165) is 0 Å². The van der Waals surface area contributed by atoms with E-state index in [9.17, 15) is 29.7 Å². The Balaban J connectivity index is 2.43. The van der Waals surface area contributed by atoms with Crippen LogP contribution in [0.5, 0.6) is 0 Å². The van der Waals surface area contributed by atoms with Crippen LogP contribution >= 0.6 is 0 Å². The van der Waals surface area contributed by atoms with Crippen molar-refractivity contribution in [1.29, 1.82) is 0 Å². The highest BCUT2D eigenvalue weighted by Crippen LogP contribution is 2.03. The van der Waals surface area contributed by atoms with Gasteiger partial charge in [0.25, 0.3) is 0 Å². The first kappa shape index (κ1) is 18.7. The van der Waals surface area contributed by atoms with Gasteiger partial charge in [0.15, 0.2) is 5.78 Å². The fraction of sp³-hybridized carbons (Fsp3) is 0.357. The van der Waals surface area contributed by atoms with Crippen LogP contribution in [0.15, 0.2) is 30.3 Å². The molecule has 0 saturated carbocycles. The molecule has 0 fully saturated rings. The second-order valence-electron chi connectivity index (χ2n) is 4.55. The average molecular weight is 327 g/mol. The number of hydrogen-bond acceptors (Lipinski definition) is 8. The predicted molar refractivity (Wildman–Crippen MR) is 75.4 cm³/mol. The third-order valence-electron chi connectivity index (χ3n) is 2.85. The molecular weight excluding hydrogens is 310 g/mol. The van der Waals surface area contributed by atoms with Crippen molar-refractivity contribution in [1.82, 2.24) is 5.32 Å². The lowest BCUT2D eigenvalue weighted by Gasteiger charge is -2.21. The first-order valence-corrected chi connectivity index (χ1v) is 6.59. The minimum atomic E-state index is -2.00. The van der Waals surface area contributed by atoms with E-state index in [0.29, 0.717) is 0 Å². The summed E-state index contributed by atoms with van der Waals surface area (Å²) in [5, 5.41) is 38.8. The summed E-state index contributed by atoms with van der Waals surface area (Å²) in [5.41, 5.74) is 0.146. The van der Waals surface area contributed by atoms with E-state index in [1.54, 1.807) is 18.2 Å². The Kier molecular flexibility index (Phi) is 7.29. The number of carbonyl (C=O) groups excluding carboxylic acids is 3. The van der Waals surface area contributed by atoms with E-state index in [1.165, 1.54) is 12.1 Å². The summed E-state index contributed by atoms with van der Waals surface area (Å²) in [7, 11) is 0. The van der Waals surface area contributed by atoms with Crippen molar-refractivity contribution in [2.45, 2.75) is 18.3 Å². The van der Waals surface area contributed by atoms with E-state index in [4.69, 9.17) is 5.11 Å². The Bertz CT molecular complexity index is 547. The molecule has 1 rings (SSSR count). The first-order valence-electron chi connectivity index (χ1n) is 6.59. The molecule has 126 valence electrons. The zero-order chi connectivity index (χ0) is 17.4. The normalized spacial score (nSPS) is 14.4. The molecule has 1 aromatic carbocycles. The molecule has 0 unspecified atom stereocenters. The van der Waals surface area contributed by atoms with Crippen molar-refractivity contribution < 1.29 is 39.5 Å². The summed E-state index contributed by atoms with van der Waals surface area (Å²) in [4.78, 5) is 33.9. The maximum absolute atomic E-state index is 11.6. The van der Waals surface area contributed by atoms with Crippen LogP contribution in [0.3, 0.4) is 0 Å². The lowest BCUT2D eigenvalue weighted by atomic mass is 10.0. The summed E-state index contributed by atoms with van der Waals surface area (Å²) in [5.74, 6) is -1.99. The topological polar surface area (TPSA) is 153 Å². The Morgan fingerprint density at radius 2 is 1.70 bits per heavy atom. The van der Waals surface area contributed by atoms with Gasteiger partial charge in [-0.3, -0.25) is 4.79 Å². The lowest BCUT2D eigenvalue weighted by molar-refractivity contribution is -0.140. The third-order valence-corrected chi connectivity index (χ3v) is 2.85. The van der Waals surface area contributed by atoms with Gasteiger partial charge < -0.3 is 30.5 Å². The van der Waals surface area contributed by atoms with Gasteiger partial charge in [0.2, 0.25) is 0 Å². The van der Waals surface area contributed by atoms with E-state index in [2.05, 4.69) is 4.74 Å². The van der Waals surface area contributed by atoms with Gasteiger partial charge in [0.05, 0.1) is 5.56 Å². The van der Waals surface area contributed by atoms with Crippen molar-refractivity contribution >= 4 is 17.8 Å². The molecule has 0 bridgehead atoms. The Morgan fingerprint density at radius 3 is 2.26 bits per heavy atom. The summed E-state index contributed by atoms with van der Waals surface area (Å²) in [6.45, 7) is -1.59.